The third-order valence-corrected chi connectivity index (χ3v) is 9.35. The molecule has 3 heterocycles. The molecule has 0 amide bonds. The predicted octanol–water partition coefficient (Wildman–Crippen LogP) is 10.5. The van der Waals surface area contributed by atoms with Crippen LogP contribution in [0.25, 0.3) is 99.4 Å². The number of aromatic nitrogens is 4. The van der Waals surface area contributed by atoms with E-state index in [4.69, 9.17) is 9.97 Å². The normalized spacial score (nSPS) is 11.9. The molecule has 0 fully saturated rings. The van der Waals surface area contributed by atoms with Crippen LogP contribution in [-0.2, 0) is 0 Å². The van der Waals surface area contributed by atoms with Gasteiger partial charge >= 0.3 is 0 Å². The fraction of sp³-hybridized carbons (Fsp3) is 0. The zero-order valence-corrected chi connectivity index (χ0v) is 24.6. The van der Waals surface area contributed by atoms with E-state index in [1.54, 1.807) is 12.4 Å². The minimum absolute atomic E-state index is 0.727. The van der Waals surface area contributed by atoms with E-state index in [9.17, 15) is 0 Å². The van der Waals surface area contributed by atoms with Crippen molar-refractivity contribution >= 4 is 43.4 Å². The van der Waals surface area contributed by atoms with Gasteiger partial charge in [-0.2, -0.15) is 0 Å². The quantitative estimate of drug-likeness (QED) is 0.194. The van der Waals surface area contributed by atoms with Crippen LogP contribution in [0, 0.1) is 0 Å². The molecule has 0 saturated carbocycles. The minimum atomic E-state index is 0.727. The lowest BCUT2D eigenvalue weighted by atomic mass is 9.91. The zero-order chi connectivity index (χ0) is 30.2. The molecular weight excluding hydrogens is 560 g/mol. The van der Waals surface area contributed by atoms with Crippen LogP contribution in [0.4, 0.5) is 0 Å². The van der Waals surface area contributed by atoms with Crippen LogP contribution < -0.4 is 0 Å². The first-order valence-electron chi connectivity index (χ1n) is 15.5. The molecule has 1 aliphatic rings. The van der Waals surface area contributed by atoms with Gasteiger partial charge in [0.1, 0.15) is 0 Å². The van der Waals surface area contributed by atoms with Gasteiger partial charge in [0.25, 0.3) is 0 Å². The molecule has 6 aromatic carbocycles. The first-order valence-corrected chi connectivity index (χ1v) is 15.5. The van der Waals surface area contributed by atoms with E-state index in [2.05, 4.69) is 125 Å². The van der Waals surface area contributed by atoms with Gasteiger partial charge in [-0.15, -0.1) is 0 Å². The molecule has 0 spiro atoms. The summed E-state index contributed by atoms with van der Waals surface area (Å²) in [5, 5.41) is 7.05. The van der Waals surface area contributed by atoms with Gasteiger partial charge < -0.3 is 0 Å². The van der Waals surface area contributed by atoms with Crippen LogP contribution in [0.1, 0.15) is 0 Å². The monoisotopic (exact) mass is 584 g/mol. The number of nitrogens with zero attached hydrogens (tertiary/aromatic N) is 4. The molecule has 212 valence electrons. The van der Waals surface area contributed by atoms with Crippen molar-refractivity contribution in [2.24, 2.45) is 0 Å². The van der Waals surface area contributed by atoms with Gasteiger partial charge in [-0.25, -0.2) is 15.0 Å². The first-order chi connectivity index (χ1) is 22.8. The summed E-state index contributed by atoms with van der Waals surface area (Å²) in [4.78, 5) is 18.9. The van der Waals surface area contributed by atoms with Gasteiger partial charge in [-0.05, 0) is 91.3 Å². The zero-order valence-electron chi connectivity index (χ0n) is 24.6. The van der Waals surface area contributed by atoms with Crippen molar-refractivity contribution in [2.75, 3.05) is 0 Å². The van der Waals surface area contributed by atoms with Gasteiger partial charge in [0.2, 0.25) is 0 Å². The average Bonchev–Trinajstić information content (AvgIpc) is 3.46. The van der Waals surface area contributed by atoms with E-state index >= 15 is 0 Å². The van der Waals surface area contributed by atoms with Crippen molar-refractivity contribution in [1.29, 1.82) is 0 Å². The van der Waals surface area contributed by atoms with Crippen LogP contribution in [0.15, 0.2) is 146 Å². The molecule has 0 radical (unpaired) electrons. The Kier molecular flexibility index (Phi) is 5.25. The molecular formula is C42H24N4. The summed E-state index contributed by atoms with van der Waals surface area (Å²) in [6, 6.07) is 45.4. The second-order valence-corrected chi connectivity index (χ2v) is 11.9. The lowest BCUT2D eigenvalue weighted by Crippen LogP contribution is -1.92. The molecule has 0 saturated heterocycles. The Morgan fingerprint density at radius 1 is 0.370 bits per heavy atom. The number of hydrogen-bond donors (Lipinski definition) is 0. The maximum atomic E-state index is 5.23. The number of rotatable bonds is 3. The lowest BCUT2D eigenvalue weighted by molar-refractivity contribution is 1.18. The Labute approximate surface area is 264 Å². The average molecular weight is 585 g/mol. The molecule has 0 bridgehead atoms. The van der Waals surface area contributed by atoms with E-state index in [1.165, 1.54) is 44.2 Å². The summed E-state index contributed by atoms with van der Waals surface area (Å²) in [5.41, 5.74) is 12.4. The summed E-state index contributed by atoms with van der Waals surface area (Å²) in [6.07, 6.45) is 5.41. The number of fused-ring (bicyclic) bond motifs is 7. The van der Waals surface area contributed by atoms with E-state index in [-0.39, 0.29) is 0 Å². The first kappa shape index (κ1) is 25.1. The number of benzene rings is 6. The predicted molar refractivity (Wildman–Crippen MR) is 188 cm³/mol. The molecule has 0 N–H and O–H groups in total. The molecule has 3 aromatic heterocycles. The largest absolute Gasteiger partial charge is 0.254 e. The van der Waals surface area contributed by atoms with Crippen LogP contribution in [0.3, 0.4) is 0 Å². The van der Waals surface area contributed by atoms with E-state index in [1.807, 2.05) is 18.3 Å². The Morgan fingerprint density at radius 2 is 1.04 bits per heavy atom. The van der Waals surface area contributed by atoms with E-state index in [0.29, 0.717) is 0 Å². The molecule has 0 atom stereocenters. The van der Waals surface area contributed by atoms with E-state index < -0.39 is 0 Å². The van der Waals surface area contributed by atoms with Gasteiger partial charge in [0.05, 0.1) is 16.7 Å². The van der Waals surface area contributed by atoms with Gasteiger partial charge in [0, 0.05) is 40.5 Å². The van der Waals surface area contributed by atoms with Crippen LogP contribution in [0.5, 0.6) is 0 Å². The summed E-state index contributed by atoms with van der Waals surface area (Å²) >= 11 is 0. The minimum Gasteiger partial charge on any atom is -0.254 e. The van der Waals surface area contributed by atoms with Crippen molar-refractivity contribution in [1.82, 2.24) is 19.9 Å². The Balaban J connectivity index is 1.12. The molecule has 0 unspecified atom stereocenters. The van der Waals surface area contributed by atoms with E-state index in [0.717, 1.165) is 55.2 Å². The highest BCUT2D eigenvalue weighted by molar-refractivity contribution is 6.21. The van der Waals surface area contributed by atoms with Crippen LogP contribution >= 0.6 is 0 Å². The Hall–Kier alpha value is -6.26. The highest BCUT2D eigenvalue weighted by Gasteiger charge is 2.23. The second kappa shape index (κ2) is 9.62. The Bertz CT molecular complexity index is 2670. The smallest absolute Gasteiger partial charge is 0.159 e. The molecule has 4 heteroatoms. The fourth-order valence-corrected chi connectivity index (χ4v) is 7.24. The third-order valence-electron chi connectivity index (χ3n) is 9.35. The lowest BCUT2D eigenvalue weighted by Gasteiger charge is -2.14. The highest BCUT2D eigenvalue weighted by atomic mass is 14.8. The third kappa shape index (κ3) is 3.67. The van der Waals surface area contributed by atoms with Crippen molar-refractivity contribution in [2.45, 2.75) is 0 Å². The van der Waals surface area contributed by atoms with Crippen LogP contribution in [0.2, 0.25) is 0 Å². The van der Waals surface area contributed by atoms with Gasteiger partial charge in [-0.3, -0.25) is 4.98 Å². The van der Waals surface area contributed by atoms with Gasteiger partial charge in [0.15, 0.2) is 5.82 Å². The van der Waals surface area contributed by atoms with Crippen molar-refractivity contribution in [3.63, 3.8) is 0 Å². The molecule has 10 rings (SSSR count). The van der Waals surface area contributed by atoms with Gasteiger partial charge in [-0.1, -0.05) is 91.0 Å². The van der Waals surface area contributed by atoms with Crippen LogP contribution in [-0.4, -0.2) is 19.9 Å². The van der Waals surface area contributed by atoms with Crippen molar-refractivity contribution in [3.05, 3.63) is 146 Å². The molecule has 9 aromatic rings. The fourth-order valence-electron chi connectivity index (χ4n) is 7.24. The highest BCUT2D eigenvalue weighted by Crippen LogP contribution is 2.50. The van der Waals surface area contributed by atoms with Crippen molar-refractivity contribution in [3.8, 4) is 56.0 Å². The maximum absolute atomic E-state index is 5.23. The number of pyridine rings is 2. The summed E-state index contributed by atoms with van der Waals surface area (Å²) in [5.74, 6) is 0.727. The molecule has 1 aliphatic carbocycles. The second-order valence-electron chi connectivity index (χ2n) is 11.9. The summed E-state index contributed by atoms with van der Waals surface area (Å²) in [7, 11) is 0. The molecule has 4 nitrogen and oxygen atoms in total. The maximum Gasteiger partial charge on any atom is 0.159 e. The topological polar surface area (TPSA) is 51.6 Å². The summed E-state index contributed by atoms with van der Waals surface area (Å²) < 4.78 is 0. The molecule has 46 heavy (non-hydrogen) atoms. The number of hydrogen-bond acceptors (Lipinski definition) is 4. The standard InChI is InChI=1S/C42H24N4/c1-2-7-31-30(6-1)33-8-3-9-34-32(16-17-35(31)39(33)34)37-24-28-15-18-38(46-40(28)41-36(37)10-4-19-43-41)27-13-11-26-23-29(14-12-25(26)22-27)42-44-20-5-21-45-42/h1-24H. The van der Waals surface area contributed by atoms with Crippen molar-refractivity contribution < 1.29 is 0 Å². The Morgan fingerprint density at radius 3 is 1.89 bits per heavy atom. The molecule has 0 aliphatic heterocycles. The SMILES string of the molecule is c1cnc(-c2ccc3cc(-c4ccc5cc(-c6ccc7c8c(cccc68)-c6ccccc6-7)c6cccnc6c5n4)ccc3c2)nc1. The summed E-state index contributed by atoms with van der Waals surface area (Å²) in [6.45, 7) is 0.